The van der Waals surface area contributed by atoms with E-state index in [1.54, 1.807) is 0 Å². The fraction of sp³-hybridized carbons (Fsp3) is 0.221. The van der Waals surface area contributed by atoms with Crippen LogP contribution in [0.3, 0.4) is 0 Å². The number of hydrogen-bond acceptors (Lipinski definition) is 5. The van der Waals surface area contributed by atoms with Gasteiger partial charge in [-0.1, -0.05) is 183 Å². The molecular formula is C77H74B2N4S. The predicted octanol–water partition coefficient (Wildman–Crippen LogP) is 18.9. The van der Waals surface area contributed by atoms with Gasteiger partial charge in [0.25, 0.3) is 6.71 Å². The number of hydrogen-bond donors (Lipinski definition) is 0. The van der Waals surface area contributed by atoms with Crippen molar-refractivity contribution in [2.75, 3.05) is 19.4 Å². The average molecular weight is 1110 g/mol. The number of anilines is 10. The first-order valence-corrected chi connectivity index (χ1v) is 31.0. The van der Waals surface area contributed by atoms with E-state index in [0.29, 0.717) is 0 Å². The molecule has 0 saturated carbocycles. The fourth-order valence-electron chi connectivity index (χ4n) is 14.3. The summed E-state index contributed by atoms with van der Waals surface area (Å²) in [4.78, 5) is 10.6. The molecule has 14 rings (SSSR count). The van der Waals surface area contributed by atoms with Crippen LogP contribution in [0.2, 0.25) is 0 Å². The van der Waals surface area contributed by atoms with Crippen molar-refractivity contribution in [3.8, 4) is 11.1 Å². The molecule has 0 spiro atoms. The summed E-state index contributed by atoms with van der Waals surface area (Å²) >= 11 is 1.90. The summed E-state index contributed by atoms with van der Waals surface area (Å²) < 4.78 is 2.67. The van der Waals surface area contributed by atoms with Crippen LogP contribution in [0.5, 0.6) is 0 Å². The van der Waals surface area contributed by atoms with E-state index in [9.17, 15) is 0 Å². The van der Waals surface area contributed by atoms with Crippen LogP contribution in [0.15, 0.2) is 194 Å². The van der Waals surface area contributed by atoms with Gasteiger partial charge >= 0.3 is 6.98 Å². The summed E-state index contributed by atoms with van der Waals surface area (Å²) in [6.07, 6.45) is 0. The Bertz CT molecular complexity index is 4420. The summed E-state index contributed by atoms with van der Waals surface area (Å²) in [7, 11) is 0. The first kappa shape index (κ1) is 53.7. The van der Waals surface area contributed by atoms with Gasteiger partial charge in [0.1, 0.15) is 0 Å². The first-order chi connectivity index (χ1) is 40.1. The zero-order chi connectivity index (χ0) is 58.5. The number of benzene rings is 10. The summed E-state index contributed by atoms with van der Waals surface area (Å²) in [6, 6.07) is 74.8. The van der Waals surface area contributed by atoms with Gasteiger partial charge in [-0.2, -0.15) is 0 Å². The average Bonchev–Trinajstić information content (AvgIpc) is 1.09. The smallest absolute Gasteiger partial charge is 0.360 e. The van der Waals surface area contributed by atoms with Gasteiger partial charge in [-0.05, 0) is 202 Å². The molecule has 0 radical (unpaired) electrons. The molecule has 84 heavy (non-hydrogen) atoms. The summed E-state index contributed by atoms with van der Waals surface area (Å²) in [5.41, 5.74) is 30.0. The Morgan fingerprint density at radius 1 is 0.369 bits per heavy atom. The third-order valence-corrected chi connectivity index (χ3v) is 19.6. The van der Waals surface area contributed by atoms with Crippen molar-refractivity contribution < 1.29 is 0 Å². The van der Waals surface area contributed by atoms with Gasteiger partial charge in [0.05, 0.1) is 17.1 Å². The van der Waals surface area contributed by atoms with Crippen LogP contribution < -0.4 is 41.3 Å². The molecule has 4 heterocycles. The van der Waals surface area contributed by atoms with Gasteiger partial charge in [0.2, 0.25) is 0 Å². The van der Waals surface area contributed by atoms with Crippen molar-refractivity contribution in [2.24, 2.45) is 0 Å². The lowest BCUT2D eigenvalue weighted by molar-refractivity contribution is 0.589. The molecular weight excluding hydrogens is 1030 g/mol. The van der Waals surface area contributed by atoms with Gasteiger partial charge in [0.15, 0.2) is 0 Å². The van der Waals surface area contributed by atoms with E-state index >= 15 is 0 Å². The van der Waals surface area contributed by atoms with Gasteiger partial charge in [-0.3, -0.25) is 0 Å². The lowest BCUT2D eigenvalue weighted by Crippen LogP contribution is -2.61. The highest BCUT2D eigenvalue weighted by atomic mass is 32.1. The molecule has 0 fully saturated rings. The Morgan fingerprint density at radius 3 is 1.51 bits per heavy atom. The highest BCUT2D eigenvalue weighted by Gasteiger charge is 2.50. The van der Waals surface area contributed by atoms with Crippen molar-refractivity contribution >= 4 is 124 Å². The zero-order valence-electron chi connectivity index (χ0n) is 51.3. The monoisotopic (exact) mass is 1110 g/mol. The third kappa shape index (κ3) is 8.54. The van der Waals surface area contributed by atoms with Crippen molar-refractivity contribution in [2.45, 2.75) is 113 Å². The molecule has 10 aromatic carbocycles. The molecule has 0 bridgehead atoms. The molecule has 0 N–H and O–H groups in total. The second kappa shape index (κ2) is 19.4. The topological polar surface area (TPSA) is 13.0 Å². The zero-order valence-corrected chi connectivity index (χ0v) is 52.1. The van der Waals surface area contributed by atoms with Crippen LogP contribution >= 0.6 is 11.3 Å². The van der Waals surface area contributed by atoms with Crippen molar-refractivity contribution in [1.29, 1.82) is 0 Å². The Labute approximate surface area is 503 Å². The summed E-state index contributed by atoms with van der Waals surface area (Å²) in [5, 5.41) is 2.65. The second-order valence-corrected chi connectivity index (χ2v) is 28.4. The van der Waals surface area contributed by atoms with E-state index in [0.717, 1.165) is 17.1 Å². The SMILES string of the molecule is Cc1cc2c3c(c1)N(c1c(C)cc(-c4cccc5c4sc4ccccc45)cc1C)c1cc(C(C)(C)C)ccc1B3c1cc3c(cc1N2c1ccc(C(C)(C)C)cc1)N(c1ccccc1)B(c1c(C)cc(C(C)(C)C)cc1C)N3c1ccccc1. The summed E-state index contributed by atoms with van der Waals surface area (Å²) in [6.45, 7) is 32.4. The number of aryl methyl sites for hydroxylation is 5. The number of para-hydroxylation sites is 2. The molecule has 7 heteroatoms. The van der Waals surface area contributed by atoms with E-state index in [4.69, 9.17) is 0 Å². The minimum atomic E-state index is -0.189. The number of nitrogens with zero attached hydrogens (tertiary/aromatic N) is 4. The standard InChI is InChI=1S/C77H74B2N4S/c1-47-38-68-72-69(39-47)81(73-50(4)40-52(41-51(73)5)59-29-23-30-61-60-28-21-22-31-70(60)84-74(59)61)64-44-54(76(9,10)11)34-37-62(64)78(72)63-45-66-67(46-65(63)80(68)56-35-32-53(33-36-56)75(6,7)8)83(58-26-19-16-20-27-58)79(82(66)57-24-17-15-18-25-57)71-48(2)42-55(43-49(71)3)77(12,13)14/h15-46H,1-14H3. The van der Waals surface area contributed by atoms with Gasteiger partial charge in [-0.15, -0.1) is 11.3 Å². The van der Waals surface area contributed by atoms with Crippen molar-refractivity contribution in [3.05, 3.63) is 239 Å². The van der Waals surface area contributed by atoms with Crippen LogP contribution in [-0.4, -0.2) is 13.7 Å². The molecule has 4 nitrogen and oxygen atoms in total. The van der Waals surface area contributed by atoms with Crippen molar-refractivity contribution in [3.63, 3.8) is 0 Å². The van der Waals surface area contributed by atoms with Gasteiger partial charge in [-0.25, -0.2) is 0 Å². The second-order valence-electron chi connectivity index (χ2n) is 27.3. The fourth-order valence-corrected chi connectivity index (χ4v) is 15.5. The van der Waals surface area contributed by atoms with Crippen LogP contribution in [0.25, 0.3) is 31.3 Å². The predicted molar refractivity (Wildman–Crippen MR) is 368 cm³/mol. The lowest BCUT2D eigenvalue weighted by atomic mass is 9.33. The van der Waals surface area contributed by atoms with Crippen LogP contribution in [-0.2, 0) is 16.2 Å². The molecule has 11 aromatic rings. The van der Waals surface area contributed by atoms with Crippen LogP contribution in [0.4, 0.5) is 56.9 Å². The summed E-state index contributed by atoms with van der Waals surface area (Å²) in [5.74, 6) is 0. The Kier molecular flexibility index (Phi) is 12.4. The maximum absolute atomic E-state index is 2.66. The van der Waals surface area contributed by atoms with Crippen molar-refractivity contribution in [1.82, 2.24) is 0 Å². The normalized spacial score (nSPS) is 13.9. The highest BCUT2D eigenvalue weighted by Crippen LogP contribution is 2.53. The van der Waals surface area contributed by atoms with E-state index in [2.05, 4.69) is 310 Å². The first-order valence-electron chi connectivity index (χ1n) is 30.1. The van der Waals surface area contributed by atoms with E-state index in [1.807, 2.05) is 11.3 Å². The minimum absolute atomic E-state index is 0.000302. The Hall–Kier alpha value is -8.25. The number of fused-ring (bicyclic) bond motifs is 8. The maximum atomic E-state index is 2.66. The Balaban J connectivity index is 1.06. The van der Waals surface area contributed by atoms with E-state index in [1.165, 1.54) is 137 Å². The molecule has 3 aliphatic rings. The Morgan fingerprint density at radius 2 is 0.905 bits per heavy atom. The van der Waals surface area contributed by atoms with Gasteiger partial charge < -0.3 is 19.4 Å². The van der Waals surface area contributed by atoms with E-state index < -0.39 is 0 Å². The molecule has 0 amide bonds. The van der Waals surface area contributed by atoms with E-state index in [-0.39, 0.29) is 29.9 Å². The van der Waals surface area contributed by atoms with Crippen LogP contribution in [0, 0.1) is 34.6 Å². The van der Waals surface area contributed by atoms with Crippen LogP contribution in [0.1, 0.15) is 107 Å². The highest BCUT2D eigenvalue weighted by molar-refractivity contribution is 7.26. The quantitative estimate of drug-likeness (QED) is 0.154. The molecule has 0 saturated heterocycles. The third-order valence-electron chi connectivity index (χ3n) is 18.4. The van der Waals surface area contributed by atoms with Gasteiger partial charge in [0, 0.05) is 60.0 Å². The molecule has 414 valence electrons. The number of rotatable bonds is 6. The minimum Gasteiger partial charge on any atom is -0.360 e. The molecule has 0 aliphatic carbocycles. The molecule has 3 aliphatic heterocycles. The maximum Gasteiger partial charge on any atom is 0.421 e. The molecule has 0 unspecified atom stereocenters. The largest absolute Gasteiger partial charge is 0.421 e. The lowest BCUT2D eigenvalue weighted by Gasteiger charge is -2.45. The molecule has 1 aromatic heterocycles. The molecule has 0 atom stereocenters. The number of thiophene rings is 1.